The summed E-state index contributed by atoms with van der Waals surface area (Å²) in [6, 6.07) is 0. The van der Waals surface area contributed by atoms with Crippen LogP contribution in [-0.4, -0.2) is 59.9 Å². The van der Waals surface area contributed by atoms with Gasteiger partial charge in [0.15, 0.2) is 0 Å². The van der Waals surface area contributed by atoms with Gasteiger partial charge in [-0.3, -0.25) is 0 Å². The van der Waals surface area contributed by atoms with Gasteiger partial charge < -0.3 is 10.2 Å². The number of carboxylic acids is 2. The maximum absolute atomic E-state index is 10.1. The quantitative estimate of drug-likeness (QED) is 0.438. The molecule has 0 saturated heterocycles. The Labute approximate surface area is 94.4 Å². The fraction of sp³-hybridized carbons (Fsp3) is 0.333. The third-order valence-electron chi connectivity index (χ3n) is 0.953. The van der Waals surface area contributed by atoms with Gasteiger partial charge in [0.2, 0.25) is 0 Å². The molecule has 0 aliphatic carbocycles. The van der Waals surface area contributed by atoms with Gasteiger partial charge in [-0.05, 0) is 6.42 Å². The topological polar surface area (TPSA) is 74.6 Å². The number of hydrogen-bond donors (Lipinski definition) is 2. The van der Waals surface area contributed by atoms with Crippen molar-refractivity contribution >= 4 is 49.7 Å². The van der Waals surface area contributed by atoms with E-state index in [9.17, 15) is 9.59 Å². The first kappa shape index (κ1) is 17.8. The summed E-state index contributed by atoms with van der Waals surface area (Å²) in [5, 5.41) is 16.4. The van der Waals surface area contributed by atoms with Crippen LogP contribution in [0.4, 0.5) is 0 Å². The fourth-order valence-electron chi connectivity index (χ4n) is 0.464. The van der Waals surface area contributed by atoms with Crippen molar-refractivity contribution < 1.29 is 19.8 Å². The summed E-state index contributed by atoms with van der Waals surface area (Å²) in [6.45, 7) is 1.59. The van der Waals surface area contributed by atoms with E-state index < -0.39 is 11.9 Å². The normalized spacial score (nSPS) is 9.25. The van der Waals surface area contributed by atoms with Crippen LogP contribution in [0.2, 0.25) is 0 Å². The van der Waals surface area contributed by atoms with Crippen LogP contribution < -0.4 is 0 Å². The summed E-state index contributed by atoms with van der Waals surface area (Å²) in [4.78, 5) is 20.1. The minimum absolute atomic E-state index is 0. The SMILES string of the molecule is CC/C(=C/C(=O)O)C(=O)O.[Li].[Li]. The van der Waals surface area contributed by atoms with Gasteiger partial charge >= 0.3 is 11.9 Å². The van der Waals surface area contributed by atoms with Crippen molar-refractivity contribution in [3.05, 3.63) is 11.6 Å². The first-order valence-electron chi connectivity index (χ1n) is 2.74. The van der Waals surface area contributed by atoms with Crippen molar-refractivity contribution in [1.82, 2.24) is 0 Å². The first-order chi connectivity index (χ1) is 4.57. The Morgan fingerprint density at radius 2 is 1.67 bits per heavy atom. The smallest absolute Gasteiger partial charge is 0.331 e. The van der Waals surface area contributed by atoms with Gasteiger partial charge in [-0.15, -0.1) is 0 Å². The van der Waals surface area contributed by atoms with Gasteiger partial charge in [-0.2, -0.15) is 0 Å². The van der Waals surface area contributed by atoms with Gasteiger partial charge in [-0.25, -0.2) is 9.59 Å². The van der Waals surface area contributed by atoms with E-state index in [0.717, 1.165) is 0 Å². The van der Waals surface area contributed by atoms with Crippen molar-refractivity contribution in [2.75, 3.05) is 0 Å². The predicted octanol–water partition coefficient (Wildman–Crippen LogP) is -0.270. The molecule has 0 bridgehead atoms. The van der Waals surface area contributed by atoms with Crippen LogP contribution in [0.1, 0.15) is 13.3 Å². The van der Waals surface area contributed by atoms with Crippen molar-refractivity contribution in [3.63, 3.8) is 0 Å². The van der Waals surface area contributed by atoms with Gasteiger partial charge in [0.25, 0.3) is 0 Å². The summed E-state index contributed by atoms with van der Waals surface area (Å²) >= 11 is 0. The molecule has 6 heteroatoms. The summed E-state index contributed by atoms with van der Waals surface area (Å²) in [5.74, 6) is -2.40. The molecule has 2 radical (unpaired) electrons. The minimum Gasteiger partial charge on any atom is -0.478 e. The minimum atomic E-state index is -1.22. The summed E-state index contributed by atoms with van der Waals surface area (Å²) < 4.78 is 0. The van der Waals surface area contributed by atoms with Crippen molar-refractivity contribution in [3.8, 4) is 0 Å². The van der Waals surface area contributed by atoms with E-state index in [1.807, 2.05) is 0 Å². The number of hydrogen-bond acceptors (Lipinski definition) is 2. The van der Waals surface area contributed by atoms with Crippen LogP contribution in [0, 0.1) is 0 Å². The molecule has 0 heterocycles. The molecule has 0 atom stereocenters. The van der Waals surface area contributed by atoms with Crippen LogP contribution in [0.25, 0.3) is 0 Å². The second-order valence-corrected chi connectivity index (χ2v) is 1.67. The van der Waals surface area contributed by atoms with E-state index in [1.54, 1.807) is 6.92 Å². The molecule has 0 aliphatic rings. The summed E-state index contributed by atoms with van der Waals surface area (Å²) in [6.07, 6.45) is 0.921. The second kappa shape index (κ2) is 8.97. The third kappa shape index (κ3) is 7.98. The van der Waals surface area contributed by atoms with Gasteiger partial charge in [0.05, 0.1) is 0 Å². The maximum Gasteiger partial charge on any atom is 0.331 e. The van der Waals surface area contributed by atoms with Crippen LogP contribution >= 0.6 is 0 Å². The van der Waals surface area contributed by atoms with Crippen molar-refractivity contribution in [2.45, 2.75) is 13.3 Å². The molecule has 0 fully saturated rings. The maximum atomic E-state index is 10.1. The number of carbonyl (C=O) groups is 2. The molecular formula is C6H8Li2O4. The molecule has 0 unspecified atom stereocenters. The Morgan fingerprint density at radius 1 is 1.25 bits per heavy atom. The predicted molar refractivity (Wildman–Crippen MR) is 45.2 cm³/mol. The Bertz CT molecular complexity index is 188. The van der Waals surface area contributed by atoms with E-state index >= 15 is 0 Å². The molecule has 2 N–H and O–H groups in total. The monoisotopic (exact) mass is 158 g/mol. The van der Waals surface area contributed by atoms with Crippen molar-refractivity contribution in [2.24, 2.45) is 0 Å². The number of aliphatic carboxylic acids is 2. The van der Waals surface area contributed by atoms with Crippen LogP contribution in [-0.2, 0) is 9.59 Å². The Balaban J connectivity index is -0.000000405. The van der Waals surface area contributed by atoms with Gasteiger partial charge in [0, 0.05) is 49.4 Å². The molecule has 0 amide bonds. The molecule has 0 rings (SSSR count). The van der Waals surface area contributed by atoms with E-state index in [-0.39, 0.29) is 49.7 Å². The second-order valence-electron chi connectivity index (χ2n) is 1.67. The standard InChI is InChI=1S/C6H8O4.2Li/c1-2-4(6(9)10)3-5(7)8;;/h3H,2H2,1H3,(H,7,8)(H,9,10);;/b4-3-;;. The average Bonchev–Trinajstić information content (AvgIpc) is 1.81. The Kier molecular flexibility index (Phi) is 13.3. The van der Waals surface area contributed by atoms with Crippen molar-refractivity contribution in [1.29, 1.82) is 0 Å². The molecule has 0 spiro atoms. The zero-order valence-corrected chi connectivity index (χ0v) is 7.50. The molecule has 0 aliphatic heterocycles. The largest absolute Gasteiger partial charge is 0.478 e. The van der Waals surface area contributed by atoms with E-state index in [2.05, 4.69) is 0 Å². The molecule has 0 aromatic rings. The average molecular weight is 158 g/mol. The first-order valence-corrected chi connectivity index (χ1v) is 2.74. The Hall–Kier alpha value is -0.125. The molecule has 0 aromatic carbocycles. The zero-order chi connectivity index (χ0) is 8.15. The molecule has 0 aromatic heterocycles. The van der Waals surface area contributed by atoms with E-state index in [0.29, 0.717) is 6.08 Å². The zero-order valence-electron chi connectivity index (χ0n) is 7.50. The molecule has 0 saturated carbocycles. The number of carboxylic acid groups (broad SMARTS) is 2. The van der Waals surface area contributed by atoms with E-state index in [4.69, 9.17) is 10.2 Å². The molecular weight excluding hydrogens is 150 g/mol. The van der Waals surface area contributed by atoms with Gasteiger partial charge in [-0.1, -0.05) is 6.92 Å². The van der Waals surface area contributed by atoms with Crippen LogP contribution in [0.3, 0.4) is 0 Å². The van der Waals surface area contributed by atoms with Gasteiger partial charge in [0.1, 0.15) is 0 Å². The van der Waals surface area contributed by atoms with Crippen LogP contribution in [0.15, 0.2) is 11.6 Å². The summed E-state index contributed by atoms with van der Waals surface area (Å²) in [5.41, 5.74) is -0.0903. The fourth-order valence-corrected chi connectivity index (χ4v) is 0.464. The molecule has 58 valence electrons. The molecule has 12 heavy (non-hydrogen) atoms. The number of rotatable bonds is 3. The Morgan fingerprint density at radius 3 is 1.75 bits per heavy atom. The van der Waals surface area contributed by atoms with Crippen LogP contribution in [0.5, 0.6) is 0 Å². The summed E-state index contributed by atoms with van der Waals surface area (Å²) in [7, 11) is 0. The molecule has 4 nitrogen and oxygen atoms in total. The third-order valence-corrected chi connectivity index (χ3v) is 0.953. The van der Waals surface area contributed by atoms with E-state index in [1.165, 1.54) is 0 Å².